The van der Waals surface area contributed by atoms with Crippen molar-refractivity contribution in [2.24, 2.45) is 0 Å². The van der Waals surface area contributed by atoms with Gasteiger partial charge in [-0.2, -0.15) is 0 Å². The summed E-state index contributed by atoms with van der Waals surface area (Å²) >= 11 is 0. The van der Waals surface area contributed by atoms with Crippen LogP contribution in [-0.2, 0) is 4.79 Å². The fraction of sp³-hybridized carbons (Fsp3) is 0.235. The highest BCUT2D eigenvalue weighted by atomic mass is 16.1. The van der Waals surface area contributed by atoms with Gasteiger partial charge in [0.15, 0.2) is 0 Å². The van der Waals surface area contributed by atoms with Crippen molar-refractivity contribution in [2.75, 3.05) is 19.4 Å². The molecular weight excluding hydrogens is 248 g/mol. The van der Waals surface area contributed by atoms with E-state index in [2.05, 4.69) is 60.7 Å². The molecule has 102 valence electrons. The van der Waals surface area contributed by atoms with E-state index in [0.717, 1.165) is 5.69 Å². The highest BCUT2D eigenvalue weighted by molar-refractivity contribution is 5.90. The number of anilines is 1. The minimum Gasteiger partial charge on any atom is -0.326 e. The van der Waals surface area contributed by atoms with Gasteiger partial charge in [0.05, 0.1) is 6.04 Å². The first-order chi connectivity index (χ1) is 9.58. The Labute approximate surface area is 119 Å². The number of nitrogens with zero attached hydrogens (tertiary/aromatic N) is 1. The van der Waals surface area contributed by atoms with E-state index in [1.807, 2.05) is 6.07 Å². The van der Waals surface area contributed by atoms with E-state index in [4.69, 9.17) is 0 Å². The van der Waals surface area contributed by atoms with Crippen molar-refractivity contribution in [1.82, 2.24) is 4.90 Å². The Morgan fingerprint density at radius 1 is 1.05 bits per heavy atom. The highest BCUT2D eigenvalue weighted by Crippen LogP contribution is 2.46. The molecule has 0 heterocycles. The second kappa shape index (κ2) is 4.76. The van der Waals surface area contributed by atoms with Crippen LogP contribution in [0.25, 0.3) is 11.1 Å². The van der Waals surface area contributed by atoms with E-state index in [-0.39, 0.29) is 11.9 Å². The molecule has 1 aliphatic rings. The number of carbonyl (C=O) groups is 1. The standard InChI is InChI=1S/C17H18N2O/c1-11(20)18-12-8-9-14-13-6-4-5-7-15(13)17(19(2)3)16(14)10-12/h4-10,17H,1-3H3,(H,18,20)/t17-/m0/s1. The molecule has 3 nitrogen and oxygen atoms in total. The third-order valence-corrected chi connectivity index (χ3v) is 3.73. The van der Waals surface area contributed by atoms with Crippen LogP contribution in [0.4, 0.5) is 5.69 Å². The molecule has 0 aromatic heterocycles. The van der Waals surface area contributed by atoms with Gasteiger partial charge in [-0.1, -0.05) is 30.3 Å². The predicted molar refractivity (Wildman–Crippen MR) is 81.7 cm³/mol. The quantitative estimate of drug-likeness (QED) is 0.904. The van der Waals surface area contributed by atoms with Crippen LogP contribution in [0, 0.1) is 0 Å². The number of hydrogen-bond acceptors (Lipinski definition) is 2. The van der Waals surface area contributed by atoms with Crippen molar-refractivity contribution in [3.05, 3.63) is 53.6 Å². The van der Waals surface area contributed by atoms with Crippen LogP contribution >= 0.6 is 0 Å². The Hall–Kier alpha value is -2.13. The Morgan fingerprint density at radius 3 is 2.45 bits per heavy atom. The number of amides is 1. The monoisotopic (exact) mass is 266 g/mol. The fourth-order valence-electron chi connectivity index (χ4n) is 3.02. The zero-order chi connectivity index (χ0) is 14.3. The molecule has 0 saturated heterocycles. The maximum absolute atomic E-state index is 11.2. The summed E-state index contributed by atoms with van der Waals surface area (Å²) in [6.45, 7) is 1.53. The van der Waals surface area contributed by atoms with E-state index in [0.29, 0.717) is 0 Å². The lowest BCUT2D eigenvalue weighted by Gasteiger charge is -2.22. The number of rotatable bonds is 2. The first-order valence-electron chi connectivity index (χ1n) is 6.75. The molecule has 0 spiro atoms. The summed E-state index contributed by atoms with van der Waals surface area (Å²) in [5.41, 5.74) is 5.98. The van der Waals surface area contributed by atoms with Gasteiger partial charge in [-0.15, -0.1) is 0 Å². The van der Waals surface area contributed by atoms with Crippen LogP contribution in [0.5, 0.6) is 0 Å². The normalized spacial score (nSPS) is 15.9. The lowest BCUT2D eigenvalue weighted by Crippen LogP contribution is -2.19. The van der Waals surface area contributed by atoms with Crippen LogP contribution in [0.2, 0.25) is 0 Å². The van der Waals surface area contributed by atoms with Gasteiger partial charge in [0.1, 0.15) is 0 Å². The smallest absolute Gasteiger partial charge is 0.221 e. The number of benzene rings is 2. The van der Waals surface area contributed by atoms with Crippen molar-refractivity contribution >= 4 is 11.6 Å². The number of fused-ring (bicyclic) bond motifs is 3. The molecule has 1 amide bonds. The molecule has 3 heteroatoms. The van der Waals surface area contributed by atoms with Crippen LogP contribution in [-0.4, -0.2) is 24.9 Å². The van der Waals surface area contributed by atoms with Crippen molar-refractivity contribution in [1.29, 1.82) is 0 Å². The zero-order valence-corrected chi connectivity index (χ0v) is 12.0. The second-order valence-electron chi connectivity index (χ2n) is 5.44. The van der Waals surface area contributed by atoms with Gasteiger partial charge in [0.2, 0.25) is 5.91 Å². The van der Waals surface area contributed by atoms with Crippen LogP contribution < -0.4 is 5.32 Å². The van der Waals surface area contributed by atoms with E-state index in [1.165, 1.54) is 29.2 Å². The molecule has 0 saturated carbocycles. The first-order valence-corrected chi connectivity index (χ1v) is 6.75. The summed E-state index contributed by atoms with van der Waals surface area (Å²) in [5, 5.41) is 2.86. The lowest BCUT2D eigenvalue weighted by atomic mass is 10.0. The Balaban J connectivity index is 2.14. The van der Waals surface area contributed by atoms with Crippen LogP contribution in [0.3, 0.4) is 0 Å². The topological polar surface area (TPSA) is 32.3 Å². The molecule has 0 radical (unpaired) electrons. The third-order valence-electron chi connectivity index (χ3n) is 3.73. The van der Waals surface area contributed by atoms with Gasteiger partial charge in [0, 0.05) is 12.6 Å². The average molecular weight is 266 g/mol. The molecule has 0 aliphatic heterocycles. The summed E-state index contributed by atoms with van der Waals surface area (Å²) in [6.07, 6.45) is 0. The molecular formula is C17H18N2O. The van der Waals surface area contributed by atoms with E-state index in [1.54, 1.807) is 0 Å². The summed E-state index contributed by atoms with van der Waals surface area (Å²) in [4.78, 5) is 13.4. The number of carbonyl (C=O) groups excluding carboxylic acids is 1. The fourth-order valence-corrected chi connectivity index (χ4v) is 3.02. The van der Waals surface area contributed by atoms with Crippen LogP contribution in [0.15, 0.2) is 42.5 Å². The average Bonchev–Trinajstić information content (AvgIpc) is 2.71. The molecule has 0 bridgehead atoms. The Kier molecular flexibility index (Phi) is 3.07. The summed E-state index contributed by atoms with van der Waals surface area (Å²) < 4.78 is 0. The number of nitrogens with one attached hydrogen (secondary N) is 1. The minimum absolute atomic E-state index is 0.0399. The maximum Gasteiger partial charge on any atom is 0.221 e. The molecule has 20 heavy (non-hydrogen) atoms. The van der Waals surface area contributed by atoms with E-state index < -0.39 is 0 Å². The van der Waals surface area contributed by atoms with Crippen LogP contribution in [0.1, 0.15) is 24.1 Å². The van der Waals surface area contributed by atoms with Crippen molar-refractivity contribution in [3.8, 4) is 11.1 Å². The Bertz CT molecular complexity index is 676. The van der Waals surface area contributed by atoms with Gasteiger partial charge in [-0.3, -0.25) is 9.69 Å². The van der Waals surface area contributed by atoms with E-state index in [9.17, 15) is 4.79 Å². The van der Waals surface area contributed by atoms with Crippen molar-refractivity contribution in [2.45, 2.75) is 13.0 Å². The number of hydrogen-bond donors (Lipinski definition) is 1. The third kappa shape index (κ3) is 2.00. The van der Waals surface area contributed by atoms with Crippen molar-refractivity contribution < 1.29 is 4.79 Å². The molecule has 1 aliphatic carbocycles. The molecule has 0 fully saturated rings. The van der Waals surface area contributed by atoms with Crippen molar-refractivity contribution in [3.63, 3.8) is 0 Å². The molecule has 1 atom stereocenters. The van der Waals surface area contributed by atoms with E-state index >= 15 is 0 Å². The molecule has 3 rings (SSSR count). The predicted octanol–water partition coefficient (Wildman–Crippen LogP) is 3.28. The largest absolute Gasteiger partial charge is 0.326 e. The summed E-state index contributed by atoms with van der Waals surface area (Å²) in [6, 6.07) is 14.9. The van der Waals surface area contributed by atoms with Gasteiger partial charge >= 0.3 is 0 Å². The molecule has 0 unspecified atom stereocenters. The van der Waals surface area contributed by atoms with Gasteiger partial charge in [-0.05, 0) is 48.5 Å². The lowest BCUT2D eigenvalue weighted by molar-refractivity contribution is -0.114. The van der Waals surface area contributed by atoms with Gasteiger partial charge in [0.25, 0.3) is 0 Å². The summed E-state index contributed by atoms with van der Waals surface area (Å²) in [5.74, 6) is -0.0399. The SMILES string of the molecule is CC(=O)Nc1ccc2c(c1)[C@@H](N(C)C)c1ccccc1-2. The summed E-state index contributed by atoms with van der Waals surface area (Å²) in [7, 11) is 4.17. The van der Waals surface area contributed by atoms with Gasteiger partial charge in [-0.25, -0.2) is 0 Å². The minimum atomic E-state index is -0.0399. The molecule has 1 N–H and O–H groups in total. The molecule has 2 aromatic rings. The molecule has 2 aromatic carbocycles. The Morgan fingerprint density at radius 2 is 1.75 bits per heavy atom. The van der Waals surface area contributed by atoms with Gasteiger partial charge < -0.3 is 5.32 Å². The maximum atomic E-state index is 11.2. The highest BCUT2D eigenvalue weighted by Gasteiger charge is 2.29. The first kappa shape index (κ1) is 12.9. The second-order valence-corrected chi connectivity index (χ2v) is 5.44. The zero-order valence-electron chi connectivity index (χ0n) is 12.0.